The molecular formula is C19H25N3O4S. The molecule has 0 saturated carbocycles. The molecule has 3 aliphatic rings. The summed E-state index contributed by atoms with van der Waals surface area (Å²) in [6, 6.07) is 1.58. The first-order valence-corrected chi connectivity index (χ1v) is 11.2. The molecule has 1 aromatic carbocycles. The number of hydrogen-bond acceptors (Lipinski definition) is 4. The number of fused-ring (bicyclic) bond motifs is 2. The van der Waals surface area contributed by atoms with Gasteiger partial charge in [0.15, 0.2) is 0 Å². The van der Waals surface area contributed by atoms with Gasteiger partial charge in [-0.25, -0.2) is 17.9 Å². The van der Waals surface area contributed by atoms with Crippen molar-refractivity contribution in [2.24, 2.45) is 5.92 Å². The Labute approximate surface area is 159 Å². The minimum absolute atomic E-state index is 0.0545. The first-order valence-electron chi connectivity index (χ1n) is 9.56. The van der Waals surface area contributed by atoms with E-state index in [2.05, 4.69) is 16.1 Å². The van der Waals surface area contributed by atoms with Crippen molar-refractivity contribution >= 4 is 27.6 Å². The number of urea groups is 1. The van der Waals surface area contributed by atoms with Gasteiger partial charge in [0.05, 0.1) is 5.75 Å². The molecular weight excluding hydrogens is 366 g/mol. The third-order valence-electron chi connectivity index (χ3n) is 5.82. The lowest BCUT2D eigenvalue weighted by molar-refractivity contribution is -0.134. The second kappa shape index (κ2) is 6.82. The van der Waals surface area contributed by atoms with Gasteiger partial charge in [0.1, 0.15) is 0 Å². The van der Waals surface area contributed by atoms with E-state index in [4.69, 9.17) is 0 Å². The van der Waals surface area contributed by atoms with Gasteiger partial charge in [-0.2, -0.15) is 0 Å². The van der Waals surface area contributed by atoms with Crippen LogP contribution in [0.4, 0.5) is 10.5 Å². The largest absolute Gasteiger partial charge is 0.342 e. The lowest BCUT2D eigenvalue weighted by atomic mass is 9.99. The number of rotatable bonds is 4. The number of hydrogen-bond donors (Lipinski definition) is 2. The van der Waals surface area contributed by atoms with Gasteiger partial charge in [0.25, 0.3) is 0 Å². The summed E-state index contributed by atoms with van der Waals surface area (Å²) in [6.45, 7) is 2.32. The quantitative estimate of drug-likeness (QED) is 0.815. The maximum atomic E-state index is 12.4. The van der Waals surface area contributed by atoms with E-state index < -0.39 is 16.1 Å². The molecule has 146 valence electrons. The first-order chi connectivity index (χ1) is 12.8. The summed E-state index contributed by atoms with van der Waals surface area (Å²) >= 11 is 0. The van der Waals surface area contributed by atoms with Crippen LogP contribution < -0.4 is 10.0 Å². The summed E-state index contributed by atoms with van der Waals surface area (Å²) in [5.41, 5.74) is 5.73. The normalized spacial score (nSPS) is 18.6. The Balaban J connectivity index is 1.42. The summed E-state index contributed by atoms with van der Waals surface area (Å²) in [6.07, 6.45) is 6.03. The zero-order chi connectivity index (χ0) is 19.2. The van der Waals surface area contributed by atoms with Gasteiger partial charge in [-0.1, -0.05) is 6.07 Å². The zero-order valence-corrected chi connectivity index (χ0v) is 16.3. The second-order valence-corrected chi connectivity index (χ2v) is 9.63. The minimum atomic E-state index is -3.74. The highest BCUT2D eigenvalue weighted by atomic mass is 32.2. The van der Waals surface area contributed by atoms with E-state index in [-0.39, 0.29) is 17.6 Å². The van der Waals surface area contributed by atoms with Gasteiger partial charge in [0.2, 0.25) is 15.9 Å². The minimum Gasteiger partial charge on any atom is -0.342 e. The lowest BCUT2D eigenvalue weighted by Crippen LogP contribution is -2.53. The third-order valence-corrected chi connectivity index (χ3v) is 7.22. The zero-order valence-electron chi connectivity index (χ0n) is 15.5. The number of aryl methyl sites for hydroxylation is 2. The molecule has 1 heterocycles. The van der Waals surface area contributed by atoms with Crippen LogP contribution in [0.1, 0.15) is 42.0 Å². The Kier molecular flexibility index (Phi) is 4.61. The molecule has 8 heteroatoms. The van der Waals surface area contributed by atoms with E-state index in [0.29, 0.717) is 13.1 Å². The van der Waals surface area contributed by atoms with Crippen LogP contribution in [0.15, 0.2) is 6.07 Å². The summed E-state index contributed by atoms with van der Waals surface area (Å²) in [5.74, 6) is -0.319. The fourth-order valence-corrected chi connectivity index (χ4v) is 5.78. The number of likely N-dealkylation sites (tertiary alicyclic amines) is 1. The highest BCUT2D eigenvalue weighted by Gasteiger charge is 2.33. The van der Waals surface area contributed by atoms with Gasteiger partial charge >= 0.3 is 6.03 Å². The van der Waals surface area contributed by atoms with Crippen LogP contribution in [0.2, 0.25) is 0 Å². The highest BCUT2D eigenvalue weighted by molar-refractivity contribution is 7.90. The smallest absolute Gasteiger partial charge is 0.332 e. The molecule has 0 bridgehead atoms. The van der Waals surface area contributed by atoms with Crippen LogP contribution in [0.25, 0.3) is 0 Å². The summed E-state index contributed by atoms with van der Waals surface area (Å²) in [7, 11) is -3.74. The van der Waals surface area contributed by atoms with Crippen LogP contribution in [0, 0.1) is 5.92 Å². The number of benzene rings is 1. The van der Waals surface area contributed by atoms with E-state index >= 15 is 0 Å². The van der Waals surface area contributed by atoms with Gasteiger partial charge in [-0.3, -0.25) is 4.79 Å². The van der Waals surface area contributed by atoms with Crippen LogP contribution >= 0.6 is 0 Å². The van der Waals surface area contributed by atoms with E-state index in [0.717, 1.165) is 44.2 Å². The number of nitrogens with one attached hydrogen (secondary N) is 2. The van der Waals surface area contributed by atoms with E-state index in [1.54, 1.807) is 4.90 Å². The van der Waals surface area contributed by atoms with Crippen molar-refractivity contribution in [3.63, 3.8) is 0 Å². The maximum absolute atomic E-state index is 12.4. The molecule has 1 fully saturated rings. The average Bonchev–Trinajstić information content (AvgIpc) is 3.18. The number of amides is 3. The molecule has 27 heavy (non-hydrogen) atoms. The Morgan fingerprint density at radius 1 is 1.07 bits per heavy atom. The molecule has 7 nitrogen and oxygen atoms in total. The molecule has 4 rings (SSSR count). The number of carbonyl (C=O) groups is 2. The van der Waals surface area contributed by atoms with Crippen molar-refractivity contribution in [1.82, 2.24) is 9.62 Å². The number of anilines is 1. The summed E-state index contributed by atoms with van der Waals surface area (Å²) in [4.78, 5) is 25.2. The lowest BCUT2D eigenvalue weighted by Gasteiger charge is -2.38. The van der Waals surface area contributed by atoms with E-state index in [1.807, 2.05) is 0 Å². The van der Waals surface area contributed by atoms with Crippen molar-refractivity contribution in [3.8, 4) is 0 Å². The standard InChI is InChI=1S/C19H25N3O4S/c1-12(23)22-9-13(10-22)11-27(25,26)21-19(24)20-18-16-6-2-4-14(16)8-15-5-3-7-17(15)18/h8,13H,2-7,9-11H2,1H3,(H2,20,21,24). The first kappa shape index (κ1) is 18.3. The predicted octanol–water partition coefficient (Wildman–Crippen LogP) is 1.59. The number of carbonyl (C=O) groups excluding carboxylic acids is 2. The fourth-order valence-electron chi connectivity index (χ4n) is 4.53. The molecule has 3 amide bonds. The Bertz CT molecular complexity index is 872. The molecule has 0 unspecified atom stereocenters. The Hall–Kier alpha value is -2.09. The molecule has 2 N–H and O–H groups in total. The Morgan fingerprint density at radius 2 is 1.67 bits per heavy atom. The fraction of sp³-hybridized carbons (Fsp3) is 0.579. The molecule has 0 spiro atoms. The van der Waals surface area contributed by atoms with Crippen LogP contribution in [0.5, 0.6) is 0 Å². The van der Waals surface area contributed by atoms with Gasteiger partial charge in [-0.15, -0.1) is 0 Å². The van der Waals surface area contributed by atoms with Crippen LogP contribution in [-0.4, -0.2) is 44.1 Å². The van der Waals surface area contributed by atoms with Crippen molar-refractivity contribution in [3.05, 3.63) is 28.3 Å². The van der Waals surface area contributed by atoms with Crippen molar-refractivity contribution in [2.75, 3.05) is 24.2 Å². The predicted molar refractivity (Wildman–Crippen MR) is 102 cm³/mol. The molecule has 2 aliphatic carbocycles. The van der Waals surface area contributed by atoms with Crippen molar-refractivity contribution in [1.29, 1.82) is 0 Å². The van der Waals surface area contributed by atoms with Gasteiger partial charge in [0, 0.05) is 31.6 Å². The van der Waals surface area contributed by atoms with E-state index in [9.17, 15) is 18.0 Å². The topological polar surface area (TPSA) is 95.6 Å². The molecule has 0 radical (unpaired) electrons. The molecule has 1 saturated heterocycles. The highest BCUT2D eigenvalue weighted by Crippen LogP contribution is 2.38. The molecule has 0 aromatic heterocycles. The maximum Gasteiger partial charge on any atom is 0.332 e. The summed E-state index contributed by atoms with van der Waals surface area (Å²) < 4.78 is 26.8. The van der Waals surface area contributed by atoms with Gasteiger partial charge in [-0.05, 0) is 60.8 Å². The van der Waals surface area contributed by atoms with Crippen LogP contribution in [0.3, 0.4) is 0 Å². The average molecular weight is 391 g/mol. The number of sulfonamides is 1. The summed E-state index contributed by atoms with van der Waals surface area (Å²) in [5, 5.41) is 2.84. The SMILES string of the molecule is CC(=O)N1CC(CS(=O)(=O)NC(=O)Nc2c3c(cc4c2CCC4)CCC3)C1. The second-order valence-electron chi connectivity index (χ2n) is 7.86. The number of nitrogens with zero attached hydrogens (tertiary/aromatic N) is 1. The molecule has 0 atom stereocenters. The van der Waals surface area contributed by atoms with Crippen LogP contribution in [-0.2, 0) is 40.5 Å². The van der Waals surface area contributed by atoms with Gasteiger partial charge < -0.3 is 10.2 Å². The monoisotopic (exact) mass is 391 g/mol. The van der Waals surface area contributed by atoms with Crippen molar-refractivity contribution in [2.45, 2.75) is 45.4 Å². The molecule has 1 aliphatic heterocycles. The molecule has 1 aromatic rings. The third kappa shape index (κ3) is 3.67. The Morgan fingerprint density at radius 3 is 2.22 bits per heavy atom. The van der Waals surface area contributed by atoms with E-state index in [1.165, 1.54) is 29.2 Å². The van der Waals surface area contributed by atoms with Crippen molar-refractivity contribution < 1.29 is 18.0 Å².